The number of nitrogens with one attached hydrogen (secondary N) is 1. The van der Waals surface area contributed by atoms with E-state index >= 15 is 0 Å². The van der Waals surface area contributed by atoms with Crippen LogP contribution in [0.25, 0.3) is 0 Å². The Hall–Kier alpha value is -0.740. The molecule has 0 aliphatic carbocycles. The molecule has 140 valence electrons. The van der Waals surface area contributed by atoms with Gasteiger partial charge in [-0.2, -0.15) is 0 Å². The quantitative estimate of drug-likeness (QED) is 0.630. The zero-order valence-corrected chi connectivity index (χ0v) is 16.7. The molecule has 0 saturated heterocycles. The van der Waals surface area contributed by atoms with Crippen LogP contribution >= 0.6 is 0 Å². The maximum Gasteiger partial charge on any atom is 0.132 e. The van der Waals surface area contributed by atoms with Gasteiger partial charge in [0, 0.05) is 24.9 Å². The Labute approximate surface area is 144 Å². The molecule has 0 spiro atoms. The molecule has 2 N–H and O–H groups in total. The predicted molar refractivity (Wildman–Crippen MR) is 99.7 cm³/mol. The van der Waals surface area contributed by atoms with Crippen LogP contribution in [0, 0.1) is 17.3 Å². The Morgan fingerprint density at radius 1 is 1.17 bits per heavy atom. The first-order chi connectivity index (χ1) is 10.6. The van der Waals surface area contributed by atoms with Gasteiger partial charge in [-0.1, -0.05) is 48.5 Å². The fourth-order valence-corrected chi connectivity index (χ4v) is 1.38. The summed E-state index contributed by atoms with van der Waals surface area (Å²) in [5, 5.41) is 11.4. The van der Waals surface area contributed by atoms with E-state index in [2.05, 4.69) is 33.0 Å². The van der Waals surface area contributed by atoms with Crippen LogP contribution in [0.4, 0.5) is 0 Å². The number of aliphatic hydroxyl groups is 1. The van der Waals surface area contributed by atoms with Crippen LogP contribution in [0.15, 0.2) is 0 Å². The van der Waals surface area contributed by atoms with Crippen molar-refractivity contribution >= 4 is 12.1 Å². The summed E-state index contributed by atoms with van der Waals surface area (Å²) in [6.07, 6.45) is 3.94. The molecule has 0 aliphatic rings. The molecule has 0 saturated carbocycles. The lowest BCUT2D eigenvalue weighted by atomic mass is 9.92. The molecular formula is C19H41NO3. The van der Waals surface area contributed by atoms with E-state index < -0.39 is 0 Å². The van der Waals surface area contributed by atoms with E-state index in [9.17, 15) is 9.59 Å². The highest BCUT2D eigenvalue weighted by atomic mass is 16.3. The number of Topliss-reactive ketones (excluding diaryl/α,β-unsaturated/α-hetero) is 1. The number of carbonyl (C=O) groups is 2. The fraction of sp³-hybridized carbons (Fsp3) is 0.895. The second-order valence-electron chi connectivity index (χ2n) is 7.36. The van der Waals surface area contributed by atoms with Crippen molar-refractivity contribution in [1.29, 1.82) is 0 Å². The molecule has 0 atom stereocenters. The predicted octanol–water partition coefficient (Wildman–Crippen LogP) is 3.86. The average Bonchev–Trinajstić information content (AvgIpc) is 2.46. The number of rotatable bonds is 9. The van der Waals surface area contributed by atoms with Gasteiger partial charge >= 0.3 is 0 Å². The Morgan fingerprint density at radius 3 is 1.87 bits per heavy atom. The Kier molecular flexibility index (Phi) is 20.8. The number of ketones is 1. The number of carbonyl (C=O) groups excluding carboxylic acids is 2. The van der Waals surface area contributed by atoms with E-state index in [-0.39, 0.29) is 12.0 Å². The van der Waals surface area contributed by atoms with Gasteiger partial charge in [-0.3, -0.25) is 4.79 Å². The molecule has 0 amide bonds. The van der Waals surface area contributed by atoms with Crippen molar-refractivity contribution in [3.8, 4) is 0 Å². The first-order valence-electron chi connectivity index (χ1n) is 8.79. The van der Waals surface area contributed by atoms with Gasteiger partial charge in [-0.15, -0.1) is 0 Å². The van der Waals surface area contributed by atoms with Gasteiger partial charge < -0.3 is 15.2 Å². The third-order valence-corrected chi connectivity index (χ3v) is 3.08. The van der Waals surface area contributed by atoms with Crippen LogP contribution in [0.3, 0.4) is 0 Å². The van der Waals surface area contributed by atoms with E-state index in [0.29, 0.717) is 24.5 Å². The lowest BCUT2D eigenvalue weighted by Crippen LogP contribution is -2.14. The summed E-state index contributed by atoms with van der Waals surface area (Å²) in [6.45, 7) is 15.4. The molecule has 0 radical (unpaired) electrons. The van der Waals surface area contributed by atoms with Crippen molar-refractivity contribution in [2.45, 2.75) is 74.1 Å². The first kappa shape index (κ1) is 27.1. The second kappa shape index (κ2) is 17.6. The summed E-state index contributed by atoms with van der Waals surface area (Å²) in [7, 11) is 1.97. The topological polar surface area (TPSA) is 66.4 Å². The molecule has 0 aromatic carbocycles. The molecular weight excluding hydrogens is 290 g/mol. The molecule has 0 unspecified atom stereocenters. The SMILES string of the molecule is CC(C)(C=O)CCO.CCC(=O)CCC(C)C.CNCC(C)C. The molecule has 4 heteroatoms. The van der Waals surface area contributed by atoms with Crippen LogP contribution in [0.2, 0.25) is 0 Å². The monoisotopic (exact) mass is 331 g/mol. The smallest absolute Gasteiger partial charge is 0.132 e. The van der Waals surface area contributed by atoms with Crippen molar-refractivity contribution in [2.24, 2.45) is 17.3 Å². The van der Waals surface area contributed by atoms with Gasteiger partial charge in [0.1, 0.15) is 12.1 Å². The molecule has 0 aromatic rings. The normalized spacial score (nSPS) is 10.6. The van der Waals surface area contributed by atoms with Crippen molar-refractivity contribution in [1.82, 2.24) is 5.32 Å². The number of aldehydes is 1. The Morgan fingerprint density at radius 2 is 1.70 bits per heavy atom. The first-order valence-corrected chi connectivity index (χ1v) is 8.79. The number of aliphatic hydroxyl groups excluding tert-OH is 1. The second-order valence-corrected chi connectivity index (χ2v) is 7.36. The minimum atomic E-state index is -0.339. The van der Waals surface area contributed by atoms with Crippen molar-refractivity contribution in [3.05, 3.63) is 0 Å². The minimum Gasteiger partial charge on any atom is -0.396 e. The molecule has 4 nitrogen and oxygen atoms in total. The van der Waals surface area contributed by atoms with E-state index in [4.69, 9.17) is 5.11 Å². The van der Waals surface area contributed by atoms with Gasteiger partial charge in [-0.25, -0.2) is 0 Å². The summed E-state index contributed by atoms with van der Waals surface area (Å²) < 4.78 is 0. The summed E-state index contributed by atoms with van der Waals surface area (Å²) in [5.41, 5.74) is -0.339. The van der Waals surface area contributed by atoms with E-state index in [0.717, 1.165) is 31.6 Å². The van der Waals surface area contributed by atoms with Crippen LogP contribution < -0.4 is 5.32 Å². The molecule has 0 fully saturated rings. The molecule has 0 bridgehead atoms. The van der Waals surface area contributed by atoms with Crippen molar-refractivity contribution < 1.29 is 14.7 Å². The average molecular weight is 332 g/mol. The lowest BCUT2D eigenvalue weighted by Gasteiger charge is -2.12. The van der Waals surface area contributed by atoms with E-state index in [1.807, 2.05) is 14.0 Å². The van der Waals surface area contributed by atoms with Gasteiger partial charge in [0.15, 0.2) is 0 Å². The van der Waals surface area contributed by atoms with Crippen LogP contribution in [-0.4, -0.2) is 37.4 Å². The van der Waals surface area contributed by atoms with Crippen LogP contribution in [-0.2, 0) is 9.59 Å². The van der Waals surface area contributed by atoms with Gasteiger partial charge in [0.05, 0.1) is 0 Å². The highest BCUT2D eigenvalue weighted by Crippen LogP contribution is 2.14. The zero-order chi connectivity index (χ0) is 18.9. The maximum absolute atomic E-state index is 10.7. The van der Waals surface area contributed by atoms with Crippen molar-refractivity contribution in [3.63, 3.8) is 0 Å². The fourth-order valence-electron chi connectivity index (χ4n) is 1.38. The Balaban J connectivity index is -0.000000266. The lowest BCUT2D eigenvalue weighted by molar-refractivity contribution is -0.119. The summed E-state index contributed by atoms with van der Waals surface area (Å²) in [4.78, 5) is 20.8. The third kappa shape index (κ3) is 29.8. The Bertz CT molecular complexity index is 274. The minimum absolute atomic E-state index is 0.0890. The van der Waals surface area contributed by atoms with Gasteiger partial charge in [0.25, 0.3) is 0 Å². The van der Waals surface area contributed by atoms with E-state index in [1.165, 1.54) is 0 Å². The maximum atomic E-state index is 10.7. The summed E-state index contributed by atoms with van der Waals surface area (Å²) >= 11 is 0. The standard InChI is InChI=1S/C8H16O.C6H12O2.C5H13N/c1-4-8(9)6-5-7(2)3;1-6(2,5-8)3-4-7;1-5(2)4-6-3/h7H,4-6H2,1-3H3;5,7H,3-4H2,1-2H3;5-6H,4H2,1-3H3. The molecule has 23 heavy (non-hydrogen) atoms. The largest absolute Gasteiger partial charge is 0.396 e. The molecule has 0 heterocycles. The zero-order valence-electron chi connectivity index (χ0n) is 16.7. The highest BCUT2D eigenvalue weighted by molar-refractivity contribution is 5.77. The highest BCUT2D eigenvalue weighted by Gasteiger charge is 2.14. The summed E-state index contributed by atoms with van der Waals surface area (Å²) in [6, 6.07) is 0. The van der Waals surface area contributed by atoms with Crippen LogP contribution in [0.5, 0.6) is 0 Å². The van der Waals surface area contributed by atoms with E-state index in [1.54, 1.807) is 13.8 Å². The number of hydrogen-bond donors (Lipinski definition) is 2. The van der Waals surface area contributed by atoms with Crippen molar-refractivity contribution in [2.75, 3.05) is 20.2 Å². The van der Waals surface area contributed by atoms with Gasteiger partial charge in [-0.05, 0) is 38.3 Å². The molecule has 0 rings (SSSR count). The number of hydrogen-bond acceptors (Lipinski definition) is 4. The summed E-state index contributed by atoms with van der Waals surface area (Å²) in [5.74, 6) is 1.85. The molecule has 0 aromatic heterocycles. The van der Waals surface area contributed by atoms with Gasteiger partial charge in [0.2, 0.25) is 0 Å². The molecule has 0 aliphatic heterocycles. The van der Waals surface area contributed by atoms with Crippen LogP contribution in [0.1, 0.15) is 74.1 Å². The third-order valence-electron chi connectivity index (χ3n) is 3.08.